The van der Waals surface area contributed by atoms with Gasteiger partial charge in [0.2, 0.25) is 5.91 Å². The number of rotatable bonds is 3. The van der Waals surface area contributed by atoms with Crippen LogP contribution < -0.4 is 10.9 Å². The average Bonchev–Trinajstić information content (AvgIpc) is 3.20. The maximum Gasteiger partial charge on any atom is 0.281 e. The molecule has 0 aliphatic heterocycles. The Balaban J connectivity index is 1.70. The number of nitrogens with one attached hydrogen (secondary N) is 1. The average molecular weight is 327 g/mol. The molecule has 4 rings (SSSR count). The molecule has 0 spiro atoms. The first-order valence-corrected chi connectivity index (χ1v) is 7.49. The summed E-state index contributed by atoms with van der Waals surface area (Å²) in [6.45, 7) is -0.132. The van der Waals surface area contributed by atoms with Crippen LogP contribution in [0.2, 0.25) is 0 Å². The molecule has 0 unspecified atom stereocenters. The van der Waals surface area contributed by atoms with Crippen molar-refractivity contribution in [1.82, 2.24) is 29.4 Å². The number of aromatic nitrogens is 6. The lowest BCUT2D eigenvalue weighted by Gasteiger charge is -2.06. The van der Waals surface area contributed by atoms with Crippen molar-refractivity contribution in [2.75, 3.05) is 5.32 Å². The van der Waals surface area contributed by atoms with Gasteiger partial charge >= 0.3 is 0 Å². The predicted molar refractivity (Wildman–Crippen MR) is 83.3 cm³/mol. The van der Waals surface area contributed by atoms with Crippen molar-refractivity contribution in [3.63, 3.8) is 0 Å². The summed E-state index contributed by atoms with van der Waals surface area (Å²) in [4.78, 5) is 28.4. The molecule has 0 atom stereocenters. The monoisotopic (exact) mass is 327 g/mol. The van der Waals surface area contributed by atoms with E-state index in [0.717, 1.165) is 0 Å². The van der Waals surface area contributed by atoms with Crippen LogP contribution in [0.15, 0.2) is 40.9 Å². The topological polar surface area (TPSA) is 107 Å². The Morgan fingerprint density at radius 1 is 1.26 bits per heavy atom. The molecule has 4 aromatic heterocycles. The van der Waals surface area contributed by atoms with E-state index >= 15 is 0 Å². The molecule has 0 aromatic carbocycles. The van der Waals surface area contributed by atoms with E-state index in [1.807, 2.05) is 0 Å². The third kappa shape index (κ3) is 2.34. The molecular weight excluding hydrogens is 318 g/mol. The Morgan fingerprint density at radius 2 is 2.17 bits per heavy atom. The van der Waals surface area contributed by atoms with Crippen molar-refractivity contribution >= 4 is 39.1 Å². The van der Waals surface area contributed by atoms with Crippen molar-refractivity contribution in [2.45, 2.75) is 6.54 Å². The normalized spacial score (nSPS) is 11.1. The van der Waals surface area contributed by atoms with Crippen molar-refractivity contribution < 1.29 is 4.79 Å². The van der Waals surface area contributed by atoms with E-state index in [2.05, 4.69) is 25.6 Å². The highest BCUT2D eigenvalue weighted by Gasteiger charge is 2.12. The fraction of sp³-hybridized carbons (Fsp3) is 0.0769. The van der Waals surface area contributed by atoms with Gasteiger partial charge in [-0.3, -0.25) is 9.59 Å². The van der Waals surface area contributed by atoms with Crippen LogP contribution in [0.25, 0.3) is 16.7 Å². The van der Waals surface area contributed by atoms with Crippen molar-refractivity contribution in [3.05, 3.63) is 46.5 Å². The van der Waals surface area contributed by atoms with Crippen molar-refractivity contribution in [1.29, 1.82) is 0 Å². The van der Waals surface area contributed by atoms with Gasteiger partial charge in [-0.25, -0.2) is 9.50 Å². The van der Waals surface area contributed by atoms with Gasteiger partial charge in [0.15, 0.2) is 16.3 Å². The smallest absolute Gasteiger partial charge is 0.281 e. The van der Waals surface area contributed by atoms with E-state index in [9.17, 15) is 9.59 Å². The van der Waals surface area contributed by atoms with E-state index in [4.69, 9.17) is 0 Å². The maximum atomic E-state index is 12.5. The molecule has 4 aromatic rings. The second kappa shape index (κ2) is 5.25. The number of nitrogens with zero attached hydrogens (tertiary/aromatic N) is 6. The van der Waals surface area contributed by atoms with Crippen LogP contribution in [0, 0.1) is 0 Å². The van der Waals surface area contributed by atoms with E-state index in [1.165, 1.54) is 26.6 Å². The number of anilines is 1. The Labute approximate surface area is 132 Å². The summed E-state index contributed by atoms with van der Waals surface area (Å²) in [5.41, 5.74) is 0.852. The van der Waals surface area contributed by atoms with Gasteiger partial charge in [0.25, 0.3) is 5.56 Å². The molecule has 114 valence electrons. The summed E-state index contributed by atoms with van der Waals surface area (Å²) in [7, 11) is 0. The van der Waals surface area contributed by atoms with E-state index in [1.54, 1.807) is 29.9 Å². The lowest BCUT2D eigenvalue weighted by molar-refractivity contribution is -0.116. The molecule has 0 bridgehead atoms. The van der Waals surface area contributed by atoms with Gasteiger partial charge in [0.05, 0.1) is 6.20 Å². The summed E-state index contributed by atoms with van der Waals surface area (Å²) < 4.78 is 2.80. The summed E-state index contributed by atoms with van der Waals surface area (Å²) in [5, 5.41) is 16.9. The van der Waals surface area contributed by atoms with E-state index in [-0.39, 0.29) is 18.0 Å². The highest BCUT2D eigenvalue weighted by atomic mass is 32.1. The minimum Gasteiger partial charge on any atom is -0.304 e. The predicted octanol–water partition coefficient (Wildman–Crippen LogP) is 0.534. The molecule has 1 N–H and O–H groups in total. The van der Waals surface area contributed by atoms with Crippen LogP contribution in [0.4, 0.5) is 5.13 Å². The number of hydrogen-bond acceptors (Lipinski definition) is 7. The quantitative estimate of drug-likeness (QED) is 0.588. The van der Waals surface area contributed by atoms with Crippen LogP contribution >= 0.6 is 11.3 Å². The lowest BCUT2D eigenvalue weighted by Crippen LogP contribution is -2.28. The van der Waals surface area contributed by atoms with Crippen molar-refractivity contribution in [3.8, 4) is 0 Å². The lowest BCUT2D eigenvalue weighted by atomic mass is 10.3. The minimum absolute atomic E-state index is 0.132. The maximum absolute atomic E-state index is 12.5. The van der Waals surface area contributed by atoms with E-state index in [0.29, 0.717) is 16.3 Å². The number of pyridine rings is 1. The Bertz CT molecular complexity index is 1070. The third-order valence-electron chi connectivity index (χ3n) is 3.21. The Hall–Kier alpha value is -3.14. The molecule has 23 heavy (non-hydrogen) atoms. The van der Waals surface area contributed by atoms with Gasteiger partial charge in [-0.15, -0.1) is 21.5 Å². The summed E-state index contributed by atoms with van der Waals surface area (Å²) in [5.74, 6) is -0.338. The van der Waals surface area contributed by atoms with Gasteiger partial charge in [-0.2, -0.15) is 5.10 Å². The largest absolute Gasteiger partial charge is 0.304 e. The molecule has 0 saturated carbocycles. The van der Waals surface area contributed by atoms with Crippen LogP contribution in [0.5, 0.6) is 0 Å². The second-order valence-electron chi connectivity index (χ2n) is 4.67. The van der Waals surface area contributed by atoms with Crippen molar-refractivity contribution in [2.24, 2.45) is 0 Å². The molecule has 10 heteroatoms. The first-order valence-electron chi connectivity index (χ1n) is 6.61. The number of carbonyl (C=O) groups is 1. The van der Waals surface area contributed by atoms with Gasteiger partial charge in [0, 0.05) is 23.8 Å². The Kier molecular flexibility index (Phi) is 3.08. The number of fused-ring (bicyclic) bond motifs is 3. The highest BCUT2D eigenvalue weighted by molar-refractivity contribution is 7.13. The van der Waals surface area contributed by atoms with Crippen LogP contribution in [0.3, 0.4) is 0 Å². The molecule has 0 fully saturated rings. The first-order chi connectivity index (χ1) is 11.2. The fourth-order valence-corrected chi connectivity index (χ4v) is 2.74. The molecule has 0 aliphatic rings. The molecule has 0 aliphatic carbocycles. The molecule has 1 amide bonds. The fourth-order valence-electron chi connectivity index (χ4n) is 2.20. The van der Waals surface area contributed by atoms with E-state index < -0.39 is 5.56 Å². The second-order valence-corrected chi connectivity index (χ2v) is 5.56. The molecular formula is C13H9N7O2S. The molecule has 0 radical (unpaired) electrons. The zero-order chi connectivity index (χ0) is 15.8. The van der Waals surface area contributed by atoms with Gasteiger partial charge in [0.1, 0.15) is 12.1 Å². The van der Waals surface area contributed by atoms with Crippen LogP contribution in [-0.2, 0) is 11.3 Å². The van der Waals surface area contributed by atoms with Crippen LogP contribution in [-0.4, -0.2) is 35.3 Å². The number of hydrogen-bond donors (Lipinski definition) is 1. The summed E-state index contributed by atoms with van der Waals surface area (Å²) in [6, 6.07) is 3.38. The zero-order valence-corrected chi connectivity index (χ0v) is 12.4. The highest BCUT2D eigenvalue weighted by Crippen LogP contribution is 2.11. The van der Waals surface area contributed by atoms with Gasteiger partial charge in [-0.05, 0) is 6.07 Å². The van der Waals surface area contributed by atoms with Crippen LogP contribution in [0.1, 0.15) is 0 Å². The minimum atomic E-state index is -0.401. The summed E-state index contributed by atoms with van der Waals surface area (Å²) >= 11 is 1.31. The zero-order valence-electron chi connectivity index (χ0n) is 11.6. The van der Waals surface area contributed by atoms with Gasteiger partial charge in [-0.1, -0.05) is 0 Å². The SMILES string of the molecule is O=C(Cn1ccc2c(nnc3ccnn32)c1=O)Nc1nccs1. The number of carbonyl (C=O) groups excluding carboxylic acids is 1. The molecule has 9 nitrogen and oxygen atoms in total. The molecule has 4 heterocycles. The summed E-state index contributed by atoms with van der Waals surface area (Å²) in [6.07, 6.45) is 4.71. The third-order valence-corrected chi connectivity index (χ3v) is 3.90. The standard InChI is InChI=1S/C13H9N7O2S/c21-10(16-13-14-4-6-23-13)7-19-5-2-8-11(12(19)22)18-17-9-1-3-15-20(8)9/h1-6H,7H2,(H,14,16,21). The number of amides is 1. The Morgan fingerprint density at radius 3 is 3.00 bits per heavy atom. The first kappa shape index (κ1) is 13.5. The molecule has 0 saturated heterocycles. The number of thiazole rings is 1. The van der Waals surface area contributed by atoms with Gasteiger partial charge < -0.3 is 9.88 Å².